The number of aromatic nitrogens is 4. The van der Waals surface area contributed by atoms with Crippen LogP contribution < -0.4 is 11.3 Å². The first-order valence-electron chi connectivity index (χ1n) is 10.5. The number of benzene rings is 1. The molecule has 0 saturated heterocycles. The summed E-state index contributed by atoms with van der Waals surface area (Å²) in [6, 6.07) is 11.1. The van der Waals surface area contributed by atoms with Gasteiger partial charge in [-0.2, -0.15) is 9.50 Å². The summed E-state index contributed by atoms with van der Waals surface area (Å²) in [5.41, 5.74) is 6.65. The Morgan fingerprint density at radius 2 is 2.03 bits per heavy atom. The molecule has 0 bridgehead atoms. The third-order valence-corrected chi connectivity index (χ3v) is 5.60. The first-order valence-corrected chi connectivity index (χ1v) is 10.5. The summed E-state index contributed by atoms with van der Waals surface area (Å²) in [4.78, 5) is 26.0. The summed E-state index contributed by atoms with van der Waals surface area (Å²) in [6.45, 7) is 0.660. The minimum Gasteiger partial charge on any atom is -0.387 e. The highest BCUT2D eigenvalue weighted by Gasteiger charge is 2.33. The third-order valence-electron chi connectivity index (χ3n) is 5.60. The van der Waals surface area contributed by atoms with Crippen molar-refractivity contribution in [3.63, 3.8) is 0 Å². The highest BCUT2D eigenvalue weighted by atomic mass is 16.5. The second-order valence-corrected chi connectivity index (χ2v) is 7.91. The summed E-state index contributed by atoms with van der Waals surface area (Å²) in [5, 5.41) is 10.2. The van der Waals surface area contributed by atoms with Gasteiger partial charge in [-0.15, -0.1) is 0 Å². The molecule has 0 aliphatic heterocycles. The molecule has 1 saturated carbocycles. The molecule has 0 radical (unpaired) electrons. The molecule has 31 heavy (non-hydrogen) atoms. The molecule has 1 fully saturated rings. The van der Waals surface area contributed by atoms with Gasteiger partial charge < -0.3 is 15.9 Å². The Hall–Kier alpha value is -3.33. The number of aromatic amines is 1. The lowest BCUT2D eigenvalue weighted by atomic mass is 9.84. The molecule has 2 aromatic heterocycles. The standard InChI is InChI=1S/C22H27N7O2/c23-12-9-18(24)25-15-22(10-5-2-6-11-22)31-14-17-13-19(30)29-21(26-17)27-20(28-29)16-7-3-1-4-8-16/h1,3-4,7-8,12-13,23H,2,5-6,9-11,14-15H2,(H2,24,25)(H,26,27,28). The van der Waals surface area contributed by atoms with Crippen LogP contribution in [-0.2, 0) is 11.3 Å². The van der Waals surface area contributed by atoms with Crippen molar-refractivity contribution in [1.29, 1.82) is 5.41 Å². The maximum atomic E-state index is 12.6. The van der Waals surface area contributed by atoms with Crippen molar-refractivity contribution in [3.8, 4) is 11.4 Å². The van der Waals surface area contributed by atoms with E-state index in [9.17, 15) is 4.79 Å². The molecule has 0 atom stereocenters. The van der Waals surface area contributed by atoms with Gasteiger partial charge in [-0.05, 0) is 12.8 Å². The number of hydrogen-bond donors (Lipinski definition) is 3. The monoisotopic (exact) mass is 421 g/mol. The average molecular weight is 422 g/mol. The van der Waals surface area contributed by atoms with Gasteiger partial charge in [0.15, 0.2) is 5.82 Å². The molecule has 0 amide bonds. The normalized spacial score (nSPS) is 16.5. The number of rotatable bonds is 8. The van der Waals surface area contributed by atoms with Gasteiger partial charge >= 0.3 is 0 Å². The van der Waals surface area contributed by atoms with Gasteiger partial charge in [-0.3, -0.25) is 14.9 Å². The number of aliphatic imine (C=N–C) groups is 1. The summed E-state index contributed by atoms with van der Waals surface area (Å²) < 4.78 is 7.65. The van der Waals surface area contributed by atoms with Crippen molar-refractivity contribution < 1.29 is 4.74 Å². The van der Waals surface area contributed by atoms with E-state index in [2.05, 4.69) is 20.1 Å². The van der Waals surface area contributed by atoms with E-state index in [1.165, 1.54) is 23.2 Å². The summed E-state index contributed by atoms with van der Waals surface area (Å²) in [5.74, 6) is 1.34. The summed E-state index contributed by atoms with van der Waals surface area (Å²) >= 11 is 0. The van der Waals surface area contributed by atoms with Crippen LogP contribution >= 0.6 is 0 Å². The van der Waals surface area contributed by atoms with Crippen molar-refractivity contribution in [3.05, 3.63) is 52.4 Å². The Kier molecular flexibility index (Phi) is 6.22. The van der Waals surface area contributed by atoms with Crippen LogP contribution in [0.15, 0.2) is 46.2 Å². The van der Waals surface area contributed by atoms with E-state index in [-0.39, 0.29) is 12.2 Å². The Morgan fingerprint density at radius 1 is 1.26 bits per heavy atom. The fourth-order valence-corrected chi connectivity index (χ4v) is 3.91. The highest BCUT2D eigenvalue weighted by molar-refractivity contribution is 5.91. The van der Waals surface area contributed by atoms with Gasteiger partial charge in [0.25, 0.3) is 11.3 Å². The number of H-pyrrole nitrogens is 1. The summed E-state index contributed by atoms with van der Waals surface area (Å²) in [7, 11) is 0. The third kappa shape index (κ3) is 4.88. The maximum absolute atomic E-state index is 12.6. The molecule has 1 aliphatic rings. The number of ether oxygens (including phenoxy) is 1. The Balaban J connectivity index is 1.54. The molecular weight excluding hydrogens is 394 g/mol. The number of nitrogens with one attached hydrogen (secondary N) is 2. The quantitative estimate of drug-likeness (QED) is 0.380. The van der Waals surface area contributed by atoms with Gasteiger partial charge in [0.1, 0.15) is 0 Å². The Morgan fingerprint density at radius 3 is 2.77 bits per heavy atom. The van der Waals surface area contributed by atoms with Crippen LogP contribution in [0.2, 0.25) is 0 Å². The first-order chi connectivity index (χ1) is 15.1. The Bertz CT molecular complexity index is 1130. The van der Waals surface area contributed by atoms with Gasteiger partial charge in [0.2, 0.25) is 0 Å². The van der Waals surface area contributed by atoms with Gasteiger partial charge in [0.05, 0.1) is 30.3 Å². The van der Waals surface area contributed by atoms with Crippen LogP contribution in [-0.4, -0.2) is 43.8 Å². The molecule has 4 N–H and O–H groups in total. The van der Waals surface area contributed by atoms with E-state index < -0.39 is 5.60 Å². The van der Waals surface area contributed by atoms with Crippen LogP contribution in [0.4, 0.5) is 0 Å². The molecule has 1 aromatic carbocycles. The van der Waals surface area contributed by atoms with E-state index in [0.29, 0.717) is 36.1 Å². The van der Waals surface area contributed by atoms with E-state index in [1.807, 2.05) is 30.3 Å². The van der Waals surface area contributed by atoms with Crippen LogP contribution in [0.3, 0.4) is 0 Å². The zero-order valence-electron chi connectivity index (χ0n) is 17.4. The first kappa shape index (κ1) is 20.9. The molecular formula is C22H27N7O2. The average Bonchev–Trinajstić information content (AvgIpc) is 3.23. The van der Waals surface area contributed by atoms with Crippen molar-refractivity contribution in [1.82, 2.24) is 19.6 Å². The highest BCUT2D eigenvalue weighted by Crippen LogP contribution is 2.33. The predicted octanol–water partition coefficient (Wildman–Crippen LogP) is 2.70. The molecule has 0 unspecified atom stereocenters. The van der Waals surface area contributed by atoms with Gasteiger partial charge in [-0.25, -0.2) is 4.98 Å². The van der Waals surface area contributed by atoms with E-state index in [4.69, 9.17) is 15.9 Å². The van der Waals surface area contributed by atoms with Crippen LogP contribution in [0.25, 0.3) is 17.2 Å². The molecule has 0 spiro atoms. The smallest absolute Gasteiger partial charge is 0.274 e. The zero-order valence-corrected chi connectivity index (χ0v) is 17.4. The second-order valence-electron chi connectivity index (χ2n) is 7.91. The largest absolute Gasteiger partial charge is 0.387 e. The minimum atomic E-state index is -0.418. The minimum absolute atomic E-state index is 0.208. The van der Waals surface area contributed by atoms with Gasteiger partial charge in [-0.1, -0.05) is 49.6 Å². The van der Waals surface area contributed by atoms with E-state index in [0.717, 1.165) is 31.2 Å². The van der Waals surface area contributed by atoms with Crippen molar-refractivity contribution in [2.24, 2.45) is 10.7 Å². The second kappa shape index (κ2) is 9.22. The number of nitrogens with zero attached hydrogens (tertiary/aromatic N) is 4. The van der Waals surface area contributed by atoms with Gasteiger partial charge in [0, 0.05) is 24.3 Å². The lowest BCUT2D eigenvalue weighted by molar-refractivity contribution is -0.0741. The fourth-order valence-electron chi connectivity index (χ4n) is 3.91. The Labute approximate surface area is 179 Å². The summed E-state index contributed by atoms with van der Waals surface area (Å²) in [6.07, 6.45) is 6.66. The zero-order chi connectivity index (χ0) is 21.7. The van der Waals surface area contributed by atoms with E-state index >= 15 is 0 Å². The van der Waals surface area contributed by atoms with Crippen LogP contribution in [0.1, 0.15) is 44.2 Å². The molecule has 9 nitrogen and oxygen atoms in total. The predicted molar refractivity (Wildman–Crippen MR) is 120 cm³/mol. The molecule has 4 rings (SSSR count). The number of hydrogen-bond acceptors (Lipinski definition) is 6. The molecule has 1 aliphatic carbocycles. The fraction of sp³-hybridized carbons (Fsp3) is 0.409. The van der Waals surface area contributed by atoms with Crippen LogP contribution in [0, 0.1) is 5.41 Å². The molecule has 9 heteroatoms. The van der Waals surface area contributed by atoms with Crippen molar-refractivity contribution in [2.45, 2.75) is 50.7 Å². The molecule has 2 heterocycles. The topological polar surface area (TPSA) is 135 Å². The lowest BCUT2D eigenvalue weighted by Gasteiger charge is -2.36. The van der Waals surface area contributed by atoms with Crippen molar-refractivity contribution >= 4 is 17.8 Å². The van der Waals surface area contributed by atoms with Crippen molar-refractivity contribution in [2.75, 3.05) is 6.54 Å². The maximum Gasteiger partial charge on any atom is 0.274 e. The number of nitrogens with two attached hydrogens (primary N) is 1. The number of amidine groups is 1. The van der Waals surface area contributed by atoms with E-state index in [1.54, 1.807) is 0 Å². The molecule has 3 aromatic rings. The number of fused-ring (bicyclic) bond motifs is 1. The van der Waals surface area contributed by atoms with Crippen LogP contribution in [0.5, 0.6) is 0 Å². The molecule has 162 valence electrons. The lowest BCUT2D eigenvalue weighted by Crippen LogP contribution is -2.39. The SMILES string of the molecule is N=CCC(N)=NCC1(OCc2cc(=O)n3[nH]c(-c4ccccc4)nc3n2)CCCCC1.